The first kappa shape index (κ1) is 11.0. The van der Waals surface area contributed by atoms with Crippen molar-refractivity contribution >= 4 is 39.5 Å². The Morgan fingerprint density at radius 2 is 2.40 bits per heavy atom. The standard InChI is InChI=1S/C9H13BrN4S/c1-6-5-15-3-2-14(6)9-12-7(10)4-8(11)13-9/h4,6H,2-3,5H2,1H3,(H2,11,12,13). The summed E-state index contributed by atoms with van der Waals surface area (Å²) in [6.07, 6.45) is 0. The van der Waals surface area contributed by atoms with Gasteiger partial charge in [-0.15, -0.1) is 0 Å². The Morgan fingerprint density at radius 1 is 1.60 bits per heavy atom. The molecule has 1 aromatic rings. The van der Waals surface area contributed by atoms with Crippen LogP contribution in [-0.2, 0) is 0 Å². The molecule has 1 saturated heterocycles. The van der Waals surface area contributed by atoms with E-state index in [-0.39, 0.29) is 0 Å². The molecule has 1 fully saturated rings. The van der Waals surface area contributed by atoms with Crippen LogP contribution in [0.1, 0.15) is 6.92 Å². The highest BCUT2D eigenvalue weighted by atomic mass is 79.9. The van der Waals surface area contributed by atoms with Crippen LogP contribution in [0.15, 0.2) is 10.7 Å². The van der Waals surface area contributed by atoms with Gasteiger partial charge in [0, 0.05) is 30.2 Å². The first-order valence-corrected chi connectivity index (χ1v) is 6.76. The van der Waals surface area contributed by atoms with Gasteiger partial charge in [0.1, 0.15) is 10.4 Å². The predicted octanol–water partition coefficient (Wildman–Crippen LogP) is 1.76. The quantitative estimate of drug-likeness (QED) is 0.798. The summed E-state index contributed by atoms with van der Waals surface area (Å²) in [7, 11) is 0. The van der Waals surface area contributed by atoms with Crippen molar-refractivity contribution < 1.29 is 0 Å². The predicted molar refractivity (Wildman–Crippen MR) is 68.3 cm³/mol. The normalized spacial score (nSPS) is 21.7. The molecule has 15 heavy (non-hydrogen) atoms. The number of halogens is 1. The second-order valence-electron chi connectivity index (χ2n) is 3.53. The lowest BCUT2D eigenvalue weighted by Gasteiger charge is -2.33. The van der Waals surface area contributed by atoms with Crippen molar-refractivity contribution in [3.63, 3.8) is 0 Å². The van der Waals surface area contributed by atoms with Crippen LogP contribution in [-0.4, -0.2) is 34.1 Å². The van der Waals surface area contributed by atoms with Crippen LogP contribution >= 0.6 is 27.7 Å². The molecule has 0 spiro atoms. The van der Waals surface area contributed by atoms with Gasteiger partial charge >= 0.3 is 0 Å². The van der Waals surface area contributed by atoms with Gasteiger partial charge in [0.05, 0.1) is 0 Å². The molecular weight excluding hydrogens is 276 g/mol. The maximum absolute atomic E-state index is 5.70. The monoisotopic (exact) mass is 288 g/mol. The van der Waals surface area contributed by atoms with E-state index in [2.05, 4.69) is 37.7 Å². The van der Waals surface area contributed by atoms with Crippen molar-refractivity contribution in [1.29, 1.82) is 0 Å². The van der Waals surface area contributed by atoms with E-state index in [0.29, 0.717) is 11.9 Å². The Balaban J connectivity index is 2.27. The molecule has 0 saturated carbocycles. The van der Waals surface area contributed by atoms with Gasteiger partial charge in [-0.1, -0.05) is 0 Å². The molecule has 1 atom stereocenters. The van der Waals surface area contributed by atoms with Gasteiger partial charge in [0.2, 0.25) is 5.95 Å². The summed E-state index contributed by atoms with van der Waals surface area (Å²) in [6, 6.07) is 2.19. The first-order valence-electron chi connectivity index (χ1n) is 4.81. The second kappa shape index (κ2) is 4.57. The van der Waals surface area contributed by atoms with Gasteiger partial charge in [-0.25, -0.2) is 4.98 Å². The minimum Gasteiger partial charge on any atom is -0.383 e. The highest BCUT2D eigenvalue weighted by molar-refractivity contribution is 9.10. The number of nitrogen functional groups attached to an aromatic ring is 1. The number of anilines is 2. The molecule has 6 heteroatoms. The molecule has 1 unspecified atom stereocenters. The SMILES string of the molecule is CC1CSCCN1c1nc(N)cc(Br)n1. The molecule has 0 radical (unpaired) electrons. The zero-order valence-corrected chi connectivity index (χ0v) is 10.9. The number of hydrogen-bond acceptors (Lipinski definition) is 5. The van der Waals surface area contributed by atoms with E-state index in [1.54, 1.807) is 6.07 Å². The van der Waals surface area contributed by atoms with Crippen LogP contribution in [0.5, 0.6) is 0 Å². The Hall–Kier alpha value is -0.490. The minimum atomic E-state index is 0.470. The average Bonchev–Trinajstić information content (AvgIpc) is 2.16. The summed E-state index contributed by atoms with van der Waals surface area (Å²) in [6.45, 7) is 3.17. The number of thioether (sulfide) groups is 1. The molecule has 1 aliphatic rings. The fraction of sp³-hybridized carbons (Fsp3) is 0.556. The Morgan fingerprint density at radius 3 is 3.07 bits per heavy atom. The van der Waals surface area contributed by atoms with Crippen LogP contribution < -0.4 is 10.6 Å². The largest absolute Gasteiger partial charge is 0.383 e. The van der Waals surface area contributed by atoms with Gasteiger partial charge in [-0.05, 0) is 22.9 Å². The van der Waals surface area contributed by atoms with Crippen LogP contribution in [0.25, 0.3) is 0 Å². The van der Waals surface area contributed by atoms with Gasteiger partial charge in [-0.2, -0.15) is 16.7 Å². The lowest BCUT2D eigenvalue weighted by atomic mass is 10.3. The topological polar surface area (TPSA) is 55.0 Å². The van der Waals surface area contributed by atoms with Crippen molar-refractivity contribution in [1.82, 2.24) is 9.97 Å². The highest BCUT2D eigenvalue weighted by Gasteiger charge is 2.21. The molecule has 1 aliphatic heterocycles. The highest BCUT2D eigenvalue weighted by Crippen LogP contribution is 2.23. The van der Waals surface area contributed by atoms with Gasteiger partial charge in [-0.3, -0.25) is 0 Å². The number of nitrogens with two attached hydrogens (primary N) is 1. The Bertz CT molecular complexity index is 340. The van der Waals surface area contributed by atoms with Crippen molar-refractivity contribution in [2.75, 3.05) is 28.7 Å². The maximum atomic E-state index is 5.70. The van der Waals surface area contributed by atoms with E-state index in [9.17, 15) is 0 Å². The maximum Gasteiger partial charge on any atom is 0.228 e. The third-order valence-corrected chi connectivity index (χ3v) is 3.92. The molecule has 2 rings (SSSR count). The van der Waals surface area contributed by atoms with Crippen molar-refractivity contribution in [3.8, 4) is 0 Å². The molecule has 1 aromatic heterocycles. The molecule has 2 heterocycles. The van der Waals surface area contributed by atoms with Crippen molar-refractivity contribution in [2.24, 2.45) is 0 Å². The zero-order chi connectivity index (χ0) is 10.8. The van der Waals surface area contributed by atoms with E-state index >= 15 is 0 Å². The molecule has 0 amide bonds. The smallest absolute Gasteiger partial charge is 0.228 e. The third-order valence-electron chi connectivity index (χ3n) is 2.33. The van der Waals surface area contributed by atoms with E-state index < -0.39 is 0 Å². The Labute approximate surface area is 102 Å². The molecular formula is C9H13BrN4S. The van der Waals surface area contributed by atoms with E-state index in [1.807, 2.05) is 11.8 Å². The summed E-state index contributed by atoms with van der Waals surface area (Å²) in [5, 5.41) is 0. The molecule has 0 bridgehead atoms. The summed E-state index contributed by atoms with van der Waals surface area (Å²) in [4.78, 5) is 10.8. The number of rotatable bonds is 1. The van der Waals surface area contributed by atoms with Crippen LogP contribution in [0.2, 0.25) is 0 Å². The van der Waals surface area contributed by atoms with Crippen molar-refractivity contribution in [2.45, 2.75) is 13.0 Å². The van der Waals surface area contributed by atoms with Gasteiger partial charge in [0.25, 0.3) is 0 Å². The lowest BCUT2D eigenvalue weighted by molar-refractivity contribution is 0.677. The Kier molecular flexibility index (Phi) is 3.35. The fourth-order valence-electron chi connectivity index (χ4n) is 1.58. The number of aromatic nitrogens is 2. The fourth-order valence-corrected chi connectivity index (χ4v) is 2.98. The zero-order valence-electron chi connectivity index (χ0n) is 8.48. The molecule has 82 valence electrons. The van der Waals surface area contributed by atoms with Crippen LogP contribution in [0.3, 0.4) is 0 Å². The average molecular weight is 289 g/mol. The van der Waals surface area contributed by atoms with Crippen LogP contribution in [0, 0.1) is 0 Å². The number of hydrogen-bond donors (Lipinski definition) is 1. The molecule has 2 N–H and O–H groups in total. The minimum absolute atomic E-state index is 0.470. The van der Waals surface area contributed by atoms with Crippen molar-refractivity contribution in [3.05, 3.63) is 10.7 Å². The summed E-state index contributed by atoms with van der Waals surface area (Å²) in [5.41, 5.74) is 5.70. The summed E-state index contributed by atoms with van der Waals surface area (Å²) >= 11 is 5.31. The lowest BCUT2D eigenvalue weighted by Crippen LogP contribution is -2.41. The first-order chi connectivity index (χ1) is 7.16. The van der Waals surface area contributed by atoms with E-state index in [1.165, 1.54) is 0 Å². The summed E-state index contributed by atoms with van der Waals surface area (Å²) < 4.78 is 0.746. The molecule has 0 aromatic carbocycles. The molecule has 4 nitrogen and oxygen atoms in total. The van der Waals surface area contributed by atoms with Gasteiger partial charge in [0.15, 0.2) is 0 Å². The van der Waals surface area contributed by atoms with E-state index in [4.69, 9.17) is 5.73 Å². The van der Waals surface area contributed by atoms with Gasteiger partial charge < -0.3 is 10.6 Å². The summed E-state index contributed by atoms with van der Waals surface area (Å²) in [5.74, 6) is 3.49. The van der Waals surface area contributed by atoms with Crippen LogP contribution in [0.4, 0.5) is 11.8 Å². The number of nitrogens with zero attached hydrogens (tertiary/aromatic N) is 3. The third kappa shape index (κ3) is 2.55. The van der Waals surface area contributed by atoms with E-state index in [0.717, 1.165) is 28.6 Å². The second-order valence-corrected chi connectivity index (χ2v) is 5.50. The molecule has 0 aliphatic carbocycles.